The van der Waals surface area contributed by atoms with E-state index >= 15 is 0 Å². The van der Waals surface area contributed by atoms with Gasteiger partial charge in [0.05, 0.1) is 13.2 Å². The summed E-state index contributed by atoms with van der Waals surface area (Å²) in [4.78, 5) is 14.8. The standard InChI is InChI=1S/C23H24N2O4/c1-3-27-21-12-17-10-11-25(15-18(17)13-22(21)28-4-2)23(26)19-14-20(29-24-19)16-8-6-5-7-9-16/h5-9,12-14H,3-4,10-11,15H2,1-2H3. The van der Waals surface area contributed by atoms with E-state index in [4.69, 9.17) is 14.0 Å². The third-order valence-corrected chi connectivity index (χ3v) is 4.95. The maximum Gasteiger partial charge on any atom is 0.276 e. The molecule has 0 saturated carbocycles. The van der Waals surface area contributed by atoms with Crippen molar-refractivity contribution in [3.05, 3.63) is 65.4 Å². The van der Waals surface area contributed by atoms with E-state index in [0.717, 1.165) is 29.0 Å². The highest BCUT2D eigenvalue weighted by atomic mass is 16.5. The number of amides is 1. The molecule has 6 nitrogen and oxygen atoms in total. The summed E-state index contributed by atoms with van der Waals surface area (Å²) in [7, 11) is 0. The lowest BCUT2D eigenvalue weighted by atomic mass is 9.98. The van der Waals surface area contributed by atoms with Crippen LogP contribution in [0.25, 0.3) is 11.3 Å². The maximum absolute atomic E-state index is 13.0. The van der Waals surface area contributed by atoms with Crippen LogP contribution in [0.5, 0.6) is 11.5 Å². The van der Waals surface area contributed by atoms with E-state index in [-0.39, 0.29) is 5.91 Å². The Labute approximate surface area is 170 Å². The van der Waals surface area contributed by atoms with E-state index < -0.39 is 0 Å². The molecule has 1 aliphatic heterocycles. The minimum Gasteiger partial charge on any atom is -0.490 e. The number of rotatable bonds is 6. The molecule has 1 aliphatic rings. The predicted molar refractivity (Wildman–Crippen MR) is 109 cm³/mol. The van der Waals surface area contributed by atoms with Crippen molar-refractivity contribution < 1.29 is 18.8 Å². The molecule has 0 fully saturated rings. The SMILES string of the molecule is CCOc1cc2c(cc1OCC)CN(C(=O)c1cc(-c3ccccc3)on1)CC2. The molecule has 0 spiro atoms. The van der Waals surface area contributed by atoms with Crippen molar-refractivity contribution >= 4 is 5.91 Å². The van der Waals surface area contributed by atoms with Gasteiger partial charge in [0.15, 0.2) is 23.0 Å². The highest BCUT2D eigenvalue weighted by molar-refractivity contribution is 5.93. The lowest BCUT2D eigenvalue weighted by Gasteiger charge is -2.29. The monoisotopic (exact) mass is 392 g/mol. The summed E-state index contributed by atoms with van der Waals surface area (Å²) in [5.74, 6) is 1.94. The van der Waals surface area contributed by atoms with Crippen molar-refractivity contribution in [2.24, 2.45) is 0 Å². The summed E-state index contributed by atoms with van der Waals surface area (Å²) >= 11 is 0. The van der Waals surface area contributed by atoms with Gasteiger partial charge in [-0.3, -0.25) is 4.79 Å². The average molecular weight is 392 g/mol. The Hall–Kier alpha value is -3.28. The molecule has 2 aromatic carbocycles. The number of aromatic nitrogens is 1. The van der Waals surface area contributed by atoms with Gasteiger partial charge in [-0.05, 0) is 43.5 Å². The van der Waals surface area contributed by atoms with Crippen LogP contribution in [-0.2, 0) is 13.0 Å². The molecule has 1 amide bonds. The summed E-state index contributed by atoms with van der Waals surface area (Å²) in [5.41, 5.74) is 3.48. The molecule has 1 aromatic heterocycles. The third kappa shape index (κ3) is 3.97. The van der Waals surface area contributed by atoms with E-state index in [0.29, 0.717) is 37.8 Å². The topological polar surface area (TPSA) is 64.8 Å². The van der Waals surface area contributed by atoms with Gasteiger partial charge in [0.1, 0.15) is 0 Å². The Morgan fingerprint density at radius 2 is 1.72 bits per heavy atom. The Morgan fingerprint density at radius 1 is 1.03 bits per heavy atom. The number of ether oxygens (including phenoxy) is 2. The number of hydrogen-bond acceptors (Lipinski definition) is 5. The van der Waals surface area contributed by atoms with Crippen LogP contribution >= 0.6 is 0 Å². The lowest BCUT2D eigenvalue weighted by molar-refractivity contribution is 0.0724. The Balaban J connectivity index is 1.54. The van der Waals surface area contributed by atoms with Crippen molar-refractivity contribution in [1.82, 2.24) is 10.1 Å². The Kier molecular flexibility index (Phi) is 5.51. The van der Waals surface area contributed by atoms with Crippen molar-refractivity contribution in [2.75, 3.05) is 19.8 Å². The van der Waals surface area contributed by atoms with E-state index in [1.54, 1.807) is 11.0 Å². The number of hydrogen-bond donors (Lipinski definition) is 0. The second-order valence-corrected chi connectivity index (χ2v) is 6.85. The van der Waals surface area contributed by atoms with Crippen LogP contribution in [0, 0.1) is 0 Å². The second-order valence-electron chi connectivity index (χ2n) is 6.85. The third-order valence-electron chi connectivity index (χ3n) is 4.95. The fourth-order valence-electron chi connectivity index (χ4n) is 3.55. The number of fused-ring (bicyclic) bond motifs is 1. The van der Waals surface area contributed by atoms with Crippen LogP contribution in [0.2, 0.25) is 0 Å². The van der Waals surface area contributed by atoms with Crippen molar-refractivity contribution in [3.63, 3.8) is 0 Å². The average Bonchev–Trinajstić information content (AvgIpc) is 3.24. The number of carbonyl (C=O) groups is 1. The van der Waals surface area contributed by atoms with Crippen LogP contribution in [0.4, 0.5) is 0 Å². The number of carbonyl (C=O) groups excluding carboxylic acids is 1. The van der Waals surface area contributed by atoms with Crippen molar-refractivity contribution in [3.8, 4) is 22.8 Å². The summed E-state index contributed by atoms with van der Waals surface area (Å²) in [6.07, 6.45) is 0.761. The maximum atomic E-state index is 13.0. The van der Waals surface area contributed by atoms with Gasteiger partial charge in [0, 0.05) is 24.7 Å². The summed E-state index contributed by atoms with van der Waals surface area (Å²) in [6, 6.07) is 15.4. The van der Waals surface area contributed by atoms with Crippen molar-refractivity contribution in [1.29, 1.82) is 0 Å². The highest BCUT2D eigenvalue weighted by Crippen LogP contribution is 2.34. The van der Waals surface area contributed by atoms with E-state index in [2.05, 4.69) is 5.16 Å². The van der Waals surface area contributed by atoms with Crippen LogP contribution in [0.3, 0.4) is 0 Å². The molecule has 4 rings (SSSR count). The Bertz CT molecular complexity index is 997. The molecule has 0 N–H and O–H groups in total. The molecule has 0 bridgehead atoms. The molecular weight excluding hydrogens is 368 g/mol. The fourth-order valence-corrected chi connectivity index (χ4v) is 3.55. The molecule has 0 radical (unpaired) electrons. The largest absolute Gasteiger partial charge is 0.490 e. The van der Waals surface area contributed by atoms with Gasteiger partial charge >= 0.3 is 0 Å². The van der Waals surface area contributed by atoms with Crippen LogP contribution in [0.1, 0.15) is 35.5 Å². The molecule has 0 aliphatic carbocycles. The molecule has 150 valence electrons. The van der Waals surface area contributed by atoms with Gasteiger partial charge in [-0.2, -0.15) is 0 Å². The van der Waals surface area contributed by atoms with Gasteiger partial charge in [-0.1, -0.05) is 35.5 Å². The van der Waals surface area contributed by atoms with E-state index in [9.17, 15) is 4.79 Å². The Morgan fingerprint density at radius 3 is 2.41 bits per heavy atom. The second kappa shape index (κ2) is 8.39. The minimum atomic E-state index is -0.131. The number of nitrogens with zero attached hydrogens (tertiary/aromatic N) is 2. The molecule has 0 atom stereocenters. The van der Waals surface area contributed by atoms with Crippen LogP contribution in [-0.4, -0.2) is 35.7 Å². The molecule has 0 unspecified atom stereocenters. The summed E-state index contributed by atoms with van der Waals surface area (Å²) in [5, 5.41) is 4.00. The zero-order valence-electron chi connectivity index (χ0n) is 16.7. The zero-order valence-corrected chi connectivity index (χ0v) is 16.7. The van der Waals surface area contributed by atoms with Gasteiger partial charge in [-0.15, -0.1) is 0 Å². The predicted octanol–water partition coefficient (Wildman–Crippen LogP) is 4.34. The molecule has 3 aromatic rings. The summed E-state index contributed by atoms with van der Waals surface area (Å²) < 4.78 is 16.8. The first-order valence-corrected chi connectivity index (χ1v) is 9.92. The first-order valence-electron chi connectivity index (χ1n) is 9.92. The zero-order chi connectivity index (χ0) is 20.2. The fraction of sp³-hybridized carbons (Fsp3) is 0.304. The molecular formula is C23H24N2O4. The molecule has 29 heavy (non-hydrogen) atoms. The van der Waals surface area contributed by atoms with E-state index in [1.807, 2.05) is 56.3 Å². The smallest absolute Gasteiger partial charge is 0.276 e. The summed E-state index contributed by atoms with van der Waals surface area (Å²) in [6.45, 7) is 6.17. The first kappa shape index (κ1) is 19.1. The first-order chi connectivity index (χ1) is 14.2. The normalized spacial score (nSPS) is 13.1. The molecule has 2 heterocycles. The highest BCUT2D eigenvalue weighted by Gasteiger charge is 2.26. The lowest BCUT2D eigenvalue weighted by Crippen LogP contribution is -2.36. The molecule has 6 heteroatoms. The number of benzene rings is 2. The van der Waals surface area contributed by atoms with Gasteiger partial charge in [0.2, 0.25) is 0 Å². The quantitative estimate of drug-likeness (QED) is 0.624. The van der Waals surface area contributed by atoms with Crippen LogP contribution in [0.15, 0.2) is 53.1 Å². The van der Waals surface area contributed by atoms with Crippen LogP contribution < -0.4 is 9.47 Å². The molecule has 0 saturated heterocycles. The van der Waals surface area contributed by atoms with Gasteiger partial charge in [-0.25, -0.2) is 0 Å². The van der Waals surface area contributed by atoms with Gasteiger partial charge < -0.3 is 18.9 Å². The minimum absolute atomic E-state index is 0.131. The van der Waals surface area contributed by atoms with Gasteiger partial charge in [0.25, 0.3) is 5.91 Å². The van der Waals surface area contributed by atoms with Crippen molar-refractivity contribution in [2.45, 2.75) is 26.8 Å². The van der Waals surface area contributed by atoms with E-state index in [1.165, 1.54) is 5.56 Å².